The third-order valence-electron chi connectivity index (χ3n) is 3.95. The first kappa shape index (κ1) is 14.1. The van der Waals surface area contributed by atoms with E-state index < -0.39 is 11.6 Å². The molecular weight excluding hydrogens is 272 g/mol. The van der Waals surface area contributed by atoms with Crippen LogP contribution in [0.25, 0.3) is 0 Å². The van der Waals surface area contributed by atoms with Crippen LogP contribution in [0.3, 0.4) is 0 Å². The Bertz CT molecular complexity index is 604. The maximum Gasteiger partial charge on any atom is 0.130 e. The molecule has 0 spiro atoms. The summed E-state index contributed by atoms with van der Waals surface area (Å²) in [4.78, 5) is 10.5. The molecule has 1 aliphatic heterocycles. The smallest absolute Gasteiger partial charge is 0.130 e. The normalized spacial score (nSPS) is 19.6. The van der Waals surface area contributed by atoms with Crippen molar-refractivity contribution in [3.05, 3.63) is 59.7 Å². The number of nitrogens with zero attached hydrogens (tertiary/aromatic N) is 3. The van der Waals surface area contributed by atoms with Crippen molar-refractivity contribution in [1.29, 1.82) is 0 Å². The van der Waals surface area contributed by atoms with E-state index >= 15 is 0 Å². The second kappa shape index (κ2) is 6.26. The quantitative estimate of drug-likeness (QED) is 0.866. The molecule has 1 aromatic heterocycles. The Balaban J connectivity index is 1.81. The van der Waals surface area contributed by atoms with Gasteiger partial charge in [0, 0.05) is 24.4 Å². The van der Waals surface area contributed by atoms with Crippen molar-refractivity contribution < 1.29 is 8.78 Å². The predicted molar refractivity (Wildman–Crippen MR) is 75.4 cm³/mol. The fourth-order valence-corrected chi connectivity index (χ4v) is 2.88. The molecule has 0 saturated carbocycles. The molecule has 0 unspecified atom stereocenters. The lowest BCUT2D eigenvalue weighted by molar-refractivity contribution is 0.135. The van der Waals surface area contributed by atoms with Gasteiger partial charge in [-0.2, -0.15) is 0 Å². The topological polar surface area (TPSA) is 29.0 Å². The number of hydrogen-bond donors (Lipinski definition) is 0. The summed E-state index contributed by atoms with van der Waals surface area (Å²) in [5.74, 6) is -1.02. The molecule has 1 fully saturated rings. The Morgan fingerprint density at radius 1 is 1.19 bits per heavy atom. The molecule has 3 nitrogen and oxygen atoms in total. The first-order chi connectivity index (χ1) is 10.2. The van der Waals surface area contributed by atoms with Crippen molar-refractivity contribution in [3.63, 3.8) is 0 Å². The molecule has 21 heavy (non-hydrogen) atoms. The van der Waals surface area contributed by atoms with Gasteiger partial charge in [-0.3, -0.25) is 4.90 Å². The first-order valence-electron chi connectivity index (χ1n) is 7.18. The average Bonchev–Trinajstić information content (AvgIpc) is 2.51. The Morgan fingerprint density at radius 2 is 2.10 bits per heavy atom. The van der Waals surface area contributed by atoms with Gasteiger partial charge in [0.25, 0.3) is 0 Å². The van der Waals surface area contributed by atoms with Gasteiger partial charge in [0.05, 0.1) is 11.7 Å². The molecule has 0 N–H and O–H groups in total. The zero-order valence-corrected chi connectivity index (χ0v) is 11.7. The van der Waals surface area contributed by atoms with Crippen LogP contribution >= 0.6 is 0 Å². The van der Waals surface area contributed by atoms with Crippen LogP contribution in [-0.2, 0) is 6.54 Å². The SMILES string of the molecule is Fc1ccc(CN2CCCC[C@@H]2c2ccncn2)c(F)c1. The maximum atomic E-state index is 13.8. The average molecular weight is 289 g/mol. The van der Waals surface area contributed by atoms with E-state index in [2.05, 4.69) is 14.9 Å². The van der Waals surface area contributed by atoms with Crippen LogP contribution < -0.4 is 0 Å². The molecule has 5 heteroatoms. The lowest BCUT2D eigenvalue weighted by Gasteiger charge is -2.35. The zero-order chi connectivity index (χ0) is 14.7. The summed E-state index contributed by atoms with van der Waals surface area (Å²) in [5.41, 5.74) is 1.49. The number of aromatic nitrogens is 2. The Labute approximate surface area is 122 Å². The third-order valence-corrected chi connectivity index (χ3v) is 3.95. The van der Waals surface area contributed by atoms with Crippen LogP contribution in [0.2, 0.25) is 0 Å². The van der Waals surface area contributed by atoms with Gasteiger partial charge in [0.1, 0.15) is 18.0 Å². The maximum absolute atomic E-state index is 13.8. The summed E-state index contributed by atoms with van der Waals surface area (Å²) < 4.78 is 26.8. The standard InChI is InChI=1S/C16H17F2N3/c17-13-5-4-12(14(18)9-13)10-21-8-2-1-3-16(21)15-6-7-19-11-20-15/h4-7,9,11,16H,1-3,8,10H2/t16-/m1/s1. The van der Waals surface area contributed by atoms with E-state index in [1.165, 1.54) is 12.1 Å². The Hall–Kier alpha value is -1.88. The van der Waals surface area contributed by atoms with Crippen LogP contribution in [0, 0.1) is 11.6 Å². The van der Waals surface area contributed by atoms with E-state index in [1.54, 1.807) is 12.5 Å². The molecule has 0 aliphatic carbocycles. The number of likely N-dealkylation sites (tertiary alicyclic amines) is 1. The number of piperidine rings is 1. The van der Waals surface area contributed by atoms with Gasteiger partial charge in [0.2, 0.25) is 0 Å². The number of rotatable bonds is 3. The van der Waals surface area contributed by atoms with Crippen LogP contribution in [0.5, 0.6) is 0 Å². The molecule has 0 bridgehead atoms. The van der Waals surface area contributed by atoms with Crippen molar-refractivity contribution in [2.75, 3.05) is 6.54 Å². The van der Waals surface area contributed by atoms with Crippen molar-refractivity contribution in [2.45, 2.75) is 31.8 Å². The van der Waals surface area contributed by atoms with Gasteiger partial charge < -0.3 is 0 Å². The van der Waals surface area contributed by atoms with Crippen molar-refractivity contribution in [3.8, 4) is 0 Å². The van der Waals surface area contributed by atoms with E-state index in [0.29, 0.717) is 12.1 Å². The summed E-state index contributed by atoms with van der Waals surface area (Å²) >= 11 is 0. The fourth-order valence-electron chi connectivity index (χ4n) is 2.88. The zero-order valence-electron chi connectivity index (χ0n) is 11.7. The molecule has 3 rings (SSSR count). The lowest BCUT2D eigenvalue weighted by Crippen LogP contribution is -2.33. The van der Waals surface area contributed by atoms with Crippen LogP contribution in [0.15, 0.2) is 36.8 Å². The third kappa shape index (κ3) is 3.24. The highest BCUT2D eigenvalue weighted by molar-refractivity contribution is 5.19. The summed E-state index contributed by atoms with van der Waals surface area (Å²) in [6.07, 6.45) is 6.50. The molecule has 1 atom stereocenters. The molecule has 0 radical (unpaired) electrons. The summed E-state index contributed by atoms with van der Waals surface area (Å²) in [5, 5.41) is 0. The molecule has 2 heterocycles. The minimum atomic E-state index is -0.540. The van der Waals surface area contributed by atoms with Gasteiger partial charge in [-0.15, -0.1) is 0 Å². The first-order valence-corrected chi connectivity index (χ1v) is 7.18. The van der Waals surface area contributed by atoms with Gasteiger partial charge in [0.15, 0.2) is 0 Å². The van der Waals surface area contributed by atoms with Crippen molar-refractivity contribution in [2.24, 2.45) is 0 Å². The van der Waals surface area contributed by atoms with E-state index in [0.717, 1.165) is 37.6 Å². The second-order valence-electron chi connectivity index (χ2n) is 5.35. The van der Waals surface area contributed by atoms with Crippen molar-refractivity contribution in [1.82, 2.24) is 14.9 Å². The number of benzene rings is 1. The molecule has 110 valence electrons. The van der Waals surface area contributed by atoms with Gasteiger partial charge >= 0.3 is 0 Å². The highest BCUT2D eigenvalue weighted by Crippen LogP contribution is 2.31. The van der Waals surface area contributed by atoms with Crippen LogP contribution in [0.1, 0.15) is 36.6 Å². The molecule has 0 amide bonds. The minimum absolute atomic E-state index is 0.172. The highest BCUT2D eigenvalue weighted by atomic mass is 19.1. The van der Waals surface area contributed by atoms with E-state index in [9.17, 15) is 8.78 Å². The lowest BCUT2D eigenvalue weighted by atomic mass is 9.98. The van der Waals surface area contributed by atoms with Gasteiger partial charge in [-0.25, -0.2) is 18.7 Å². The van der Waals surface area contributed by atoms with E-state index in [4.69, 9.17) is 0 Å². The summed E-state index contributed by atoms with van der Waals surface area (Å²) in [6.45, 7) is 1.37. The summed E-state index contributed by atoms with van der Waals surface area (Å²) in [6, 6.07) is 5.85. The van der Waals surface area contributed by atoms with Crippen molar-refractivity contribution >= 4 is 0 Å². The van der Waals surface area contributed by atoms with Gasteiger partial charge in [-0.1, -0.05) is 12.5 Å². The molecular formula is C16H17F2N3. The molecule has 1 saturated heterocycles. The Kier molecular flexibility index (Phi) is 4.20. The summed E-state index contributed by atoms with van der Waals surface area (Å²) in [7, 11) is 0. The molecule has 2 aromatic rings. The van der Waals surface area contributed by atoms with Gasteiger partial charge in [-0.05, 0) is 31.5 Å². The fraction of sp³-hybridized carbons (Fsp3) is 0.375. The molecule has 1 aliphatic rings. The van der Waals surface area contributed by atoms with E-state index in [-0.39, 0.29) is 6.04 Å². The number of halogens is 2. The monoisotopic (exact) mass is 289 g/mol. The minimum Gasteiger partial charge on any atom is -0.290 e. The second-order valence-corrected chi connectivity index (χ2v) is 5.35. The predicted octanol–water partition coefficient (Wildman–Crippen LogP) is 3.48. The Morgan fingerprint density at radius 3 is 2.86 bits per heavy atom. The van der Waals surface area contributed by atoms with E-state index in [1.807, 2.05) is 6.07 Å². The van der Waals surface area contributed by atoms with Crippen LogP contribution in [-0.4, -0.2) is 21.4 Å². The molecule has 1 aromatic carbocycles. The highest BCUT2D eigenvalue weighted by Gasteiger charge is 2.25. The largest absolute Gasteiger partial charge is 0.290 e. The number of hydrogen-bond acceptors (Lipinski definition) is 3. The van der Waals surface area contributed by atoms with Crippen LogP contribution in [0.4, 0.5) is 8.78 Å².